The summed E-state index contributed by atoms with van der Waals surface area (Å²) in [6.45, 7) is 4.52. The second-order valence-electron chi connectivity index (χ2n) is 5.34. The minimum atomic E-state index is -3.77. The van der Waals surface area contributed by atoms with Gasteiger partial charge in [0.05, 0.1) is 10.7 Å². The van der Waals surface area contributed by atoms with Crippen LogP contribution in [0.5, 0.6) is 0 Å². The first-order valence-electron chi connectivity index (χ1n) is 6.79. The van der Waals surface area contributed by atoms with Gasteiger partial charge in [0, 0.05) is 17.6 Å². The fraction of sp³-hybridized carbons (Fsp3) is 0.538. The Bertz CT molecular complexity index is 593. The van der Waals surface area contributed by atoms with Crippen molar-refractivity contribution in [2.75, 3.05) is 25.4 Å². The second kappa shape index (κ2) is 6.71. The second-order valence-corrected chi connectivity index (χ2v) is 7.83. The Morgan fingerprint density at radius 1 is 1.33 bits per heavy atom. The summed E-state index contributed by atoms with van der Waals surface area (Å²) >= 11 is 11.8. The van der Waals surface area contributed by atoms with Crippen molar-refractivity contribution >= 4 is 38.9 Å². The molecule has 3 N–H and O–H groups in total. The number of anilines is 1. The molecule has 0 saturated carbocycles. The maximum atomic E-state index is 12.4. The van der Waals surface area contributed by atoms with Crippen LogP contribution in [-0.4, -0.2) is 39.0 Å². The molecule has 8 heteroatoms. The van der Waals surface area contributed by atoms with E-state index in [2.05, 4.69) is 9.62 Å². The molecule has 1 saturated heterocycles. The van der Waals surface area contributed by atoms with Gasteiger partial charge in [-0.05, 0) is 45.0 Å². The summed E-state index contributed by atoms with van der Waals surface area (Å²) in [7, 11) is -3.77. The average molecular weight is 352 g/mol. The monoisotopic (exact) mass is 351 g/mol. The zero-order valence-electron chi connectivity index (χ0n) is 11.8. The SMILES string of the molecule is CC(CN1CCCC1)NS(=O)(=O)c1c(N)cc(Cl)cc1Cl. The van der Waals surface area contributed by atoms with Gasteiger partial charge in [0.25, 0.3) is 0 Å². The third kappa shape index (κ3) is 4.23. The number of halogens is 2. The molecule has 1 aliphatic rings. The van der Waals surface area contributed by atoms with Gasteiger partial charge in [-0.2, -0.15) is 0 Å². The largest absolute Gasteiger partial charge is 0.398 e. The van der Waals surface area contributed by atoms with Crippen molar-refractivity contribution in [3.63, 3.8) is 0 Å². The lowest BCUT2D eigenvalue weighted by atomic mass is 10.3. The van der Waals surface area contributed by atoms with Gasteiger partial charge >= 0.3 is 0 Å². The molecule has 0 aliphatic carbocycles. The standard InChI is InChI=1S/C13H19Cl2N3O2S/c1-9(8-18-4-2-3-5-18)17-21(19,20)13-11(15)6-10(14)7-12(13)16/h6-7,9,17H,2-5,8,16H2,1H3. The minimum Gasteiger partial charge on any atom is -0.398 e. The maximum absolute atomic E-state index is 12.4. The van der Waals surface area contributed by atoms with Crippen LogP contribution in [0.1, 0.15) is 19.8 Å². The Morgan fingerprint density at radius 2 is 1.95 bits per heavy atom. The van der Waals surface area contributed by atoms with Gasteiger partial charge in [-0.1, -0.05) is 23.2 Å². The lowest BCUT2D eigenvalue weighted by Gasteiger charge is -2.21. The topological polar surface area (TPSA) is 75.4 Å². The van der Waals surface area contributed by atoms with Gasteiger partial charge in [-0.3, -0.25) is 0 Å². The van der Waals surface area contributed by atoms with Crippen LogP contribution in [0.2, 0.25) is 10.0 Å². The van der Waals surface area contributed by atoms with Crippen molar-refractivity contribution in [3.8, 4) is 0 Å². The Balaban J connectivity index is 2.14. The predicted molar refractivity (Wildman–Crippen MR) is 86.3 cm³/mol. The lowest BCUT2D eigenvalue weighted by Crippen LogP contribution is -2.41. The Morgan fingerprint density at radius 3 is 2.52 bits per heavy atom. The highest BCUT2D eigenvalue weighted by Gasteiger charge is 2.25. The molecule has 1 aliphatic heterocycles. The maximum Gasteiger partial charge on any atom is 0.244 e. The van der Waals surface area contributed by atoms with E-state index in [0.717, 1.165) is 25.9 Å². The number of sulfonamides is 1. The van der Waals surface area contributed by atoms with Crippen molar-refractivity contribution in [1.29, 1.82) is 0 Å². The number of benzene rings is 1. The summed E-state index contributed by atoms with van der Waals surface area (Å²) in [4.78, 5) is 2.13. The number of nitrogens with two attached hydrogens (primary N) is 1. The molecule has 0 amide bonds. The highest BCUT2D eigenvalue weighted by Crippen LogP contribution is 2.31. The van der Waals surface area contributed by atoms with Crippen LogP contribution in [0.15, 0.2) is 17.0 Å². The number of hydrogen-bond donors (Lipinski definition) is 2. The van der Waals surface area contributed by atoms with E-state index in [4.69, 9.17) is 28.9 Å². The number of likely N-dealkylation sites (tertiary alicyclic amines) is 1. The number of nitrogen functional groups attached to an aromatic ring is 1. The summed E-state index contributed by atoms with van der Waals surface area (Å²) in [6.07, 6.45) is 2.32. The van der Waals surface area contributed by atoms with E-state index in [-0.39, 0.29) is 21.6 Å². The highest BCUT2D eigenvalue weighted by atomic mass is 35.5. The quantitative estimate of drug-likeness (QED) is 0.798. The van der Waals surface area contributed by atoms with Crippen molar-refractivity contribution in [3.05, 3.63) is 22.2 Å². The van der Waals surface area contributed by atoms with Crippen molar-refractivity contribution in [2.24, 2.45) is 0 Å². The molecule has 0 aromatic heterocycles. The first-order valence-corrected chi connectivity index (χ1v) is 9.02. The van der Waals surface area contributed by atoms with Gasteiger partial charge in [0.15, 0.2) is 0 Å². The molecule has 1 atom stereocenters. The third-order valence-electron chi connectivity index (χ3n) is 3.39. The first-order chi connectivity index (χ1) is 9.79. The van der Waals surface area contributed by atoms with Gasteiger partial charge in [-0.15, -0.1) is 0 Å². The van der Waals surface area contributed by atoms with E-state index in [1.807, 2.05) is 6.92 Å². The molecule has 1 fully saturated rings. The van der Waals surface area contributed by atoms with Crippen LogP contribution in [0.4, 0.5) is 5.69 Å². The summed E-state index contributed by atoms with van der Waals surface area (Å²) in [5, 5.41) is 0.336. The van der Waals surface area contributed by atoms with Crippen LogP contribution >= 0.6 is 23.2 Å². The molecule has 21 heavy (non-hydrogen) atoms. The van der Waals surface area contributed by atoms with Crippen LogP contribution in [0.3, 0.4) is 0 Å². The fourth-order valence-electron chi connectivity index (χ4n) is 2.58. The molecule has 1 heterocycles. The Kier molecular flexibility index (Phi) is 5.38. The van der Waals surface area contributed by atoms with E-state index in [1.54, 1.807) is 0 Å². The molecule has 5 nitrogen and oxygen atoms in total. The molecule has 118 valence electrons. The average Bonchev–Trinajstić information content (AvgIpc) is 2.78. The lowest BCUT2D eigenvalue weighted by molar-refractivity contribution is 0.313. The van der Waals surface area contributed by atoms with Crippen LogP contribution < -0.4 is 10.5 Å². The van der Waals surface area contributed by atoms with Crippen LogP contribution in [0, 0.1) is 0 Å². The van der Waals surface area contributed by atoms with E-state index in [0.29, 0.717) is 11.6 Å². The van der Waals surface area contributed by atoms with Gasteiger partial charge < -0.3 is 10.6 Å². The molecule has 1 unspecified atom stereocenters. The smallest absolute Gasteiger partial charge is 0.244 e. The summed E-state index contributed by atoms with van der Waals surface area (Å²) in [5.41, 5.74) is 5.80. The third-order valence-corrected chi connectivity index (χ3v) is 5.73. The van der Waals surface area contributed by atoms with Crippen molar-refractivity contribution < 1.29 is 8.42 Å². The molecule has 0 radical (unpaired) electrons. The van der Waals surface area contributed by atoms with Crippen molar-refractivity contribution in [1.82, 2.24) is 9.62 Å². The summed E-state index contributed by atoms with van der Waals surface area (Å²) < 4.78 is 27.5. The Labute approximate surface area is 135 Å². The van der Waals surface area contributed by atoms with E-state index in [1.165, 1.54) is 12.1 Å². The van der Waals surface area contributed by atoms with Crippen LogP contribution in [-0.2, 0) is 10.0 Å². The zero-order valence-corrected chi connectivity index (χ0v) is 14.1. The molecule has 0 bridgehead atoms. The minimum absolute atomic E-state index is 0.0286. The molecule has 1 aromatic carbocycles. The Hall–Kier alpha value is -0.530. The molecule has 0 spiro atoms. The molecular formula is C13H19Cl2N3O2S. The van der Waals surface area contributed by atoms with Crippen LogP contribution in [0.25, 0.3) is 0 Å². The number of nitrogens with zero attached hydrogens (tertiary/aromatic N) is 1. The number of nitrogens with one attached hydrogen (secondary N) is 1. The zero-order chi connectivity index (χ0) is 15.6. The first kappa shape index (κ1) is 16.8. The van der Waals surface area contributed by atoms with Gasteiger partial charge in [-0.25, -0.2) is 13.1 Å². The number of hydrogen-bond acceptors (Lipinski definition) is 4. The summed E-state index contributed by atoms with van der Waals surface area (Å²) in [5.74, 6) is 0. The molecule has 1 aromatic rings. The predicted octanol–water partition coefficient (Wildman–Crippen LogP) is 2.34. The van der Waals surface area contributed by atoms with E-state index >= 15 is 0 Å². The number of rotatable bonds is 5. The van der Waals surface area contributed by atoms with Crippen molar-refractivity contribution in [2.45, 2.75) is 30.7 Å². The highest BCUT2D eigenvalue weighted by molar-refractivity contribution is 7.89. The van der Waals surface area contributed by atoms with Gasteiger partial charge in [0.2, 0.25) is 10.0 Å². The summed E-state index contributed by atoms with van der Waals surface area (Å²) in [6, 6.07) is 2.53. The fourth-order valence-corrected chi connectivity index (χ4v) is 4.80. The van der Waals surface area contributed by atoms with Gasteiger partial charge in [0.1, 0.15) is 4.90 Å². The molecular weight excluding hydrogens is 333 g/mol. The normalized spacial score (nSPS) is 18.0. The van der Waals surface area contributed by atoms with E-state index < -0.39 is 10.0 Å². The molecule has 2 rings (SSSR count). The van der Waals surface area contributed by atoms with E-state index in [9.17, 15) is 8.42 Å².